The number of unbranched alkanes of at least 4 members (excludes halogenated alkanes) is 6. The molecule has 0 saturated carbocycles. The lowest BCUT2D eigenvalue weighted by Crippen LogP contribution is -1.97. The van der Waals surface area contributed by atoms with Crippen molar-refractivity contribution in [2.45, 2.75) is 65.2 Å². The third kappa shape index (κ3) is 6.39. The molecule has 1 heteroatoms. The Morgan fingerprint density at radius 2 is 1.17 bits per heavy atom. The fourth-order valence-corrected chi connectivity index (χ4v) is 2.93. The van der Waals surface area contributed by atoms with Gasteiger partial charge < -0.3 is 4.74 Å². The standard InChI is InChI=1S/C23H32O/c1-3-5-6-7-8-9-10-19-24-23-17-15-22(16-18-23)21-13-11-20(4-2)12-14-21/h11-18H,3-10,19H2,1-2H3. The van der Waals surface area contributed by atoms with Crippen molar-refractivity contribution in [2.75, 3.05) is 6.61 Å². The quantitative estimate of drug-likeness (QED) is 0.402. The van der Waals surface area contributed by atoms with E-state index in [1.54, 1.807) is 0 Å². The lowest BCUT2D eigenvalue weighted by atomic mass is 10.0. The van der Waals surface area contributed by atoms with E-state index in [4.69, 9.17) is 4.74 Å². The summed E-state index contributed by atoms with van der Waals surface area (Å²) >= 11 is 0. The Morgan fingerprint density at radius 1 is 0.625 bits per heavy atom. The predicted molar refractivity (Wildman–Crippen MR) is 105 cm³/mol. The Bertz CT molecular complexity index is 554. The van der Waals surface area contributed by atoms with Gasteiger partial charge in [-0.15, -0.1) is 0 Å². The summed E-state index contributed by atoms with van der Waals surface area (Å²) < 4.78 is 5.86. The van der Waals surface area contributed by atoms with Crippen molar-refractivity contribution in [1.82, 2.24) is 0 Å². The number of rotatable bonds is 11. The summed E-state index contributed by atoms with van der Waals surface area (Å²) in [5.74, 6) is 0.981. The molecule has 0 bridgehead atoms. The van der Waals surface area contributed by atoms with Gasteiger partial charge in [0.2, 0.25) is 0 Å². The molecule has 24 heavy (non-hydrogen) atoms. The molecule has 0 heterocycles. The van der Waals surface area contributed by atoms with Gasteiger partial charge >= 0.3 is 0 Å². The van der Waals surface area contributed by atoms with Crippen molar-refractivity contribution < 1.29 is 4.74 Å². The van der Waals surface area contributed by atoms with Crippen molar-refractivity contribution in [3.05, 3.63) is 54.1 Å². The Labute approximate surface area is 148 Å². The fraction of sp³-hybridized carbons (Fsp3) is 0.478. The van der Waals surface area contributed by atoms with Gasteiger partial charge in [-0.2, -0.15) is 0 Å². The summed E-state index contributed by atoms with van der Waals surface area (Å²) in [7, 11) is 0. The Balaban J connectivity index is 1.70. The molecule has 0 aromatic heterocycles. The van der Waals surface area contributed by atoms with Crippen LogP contribution in [-0.2, 0) is 6.42 Å². The fourth-order valence-electron chi connectivity index (χ4n) is 2.93. The number of hydrogen-bond acceptors (Lipinski definition) is 1. The second kappa shape index (κ2) is 10.9. The van der Waals surface area contributed by atoms with Crippen molar-refractivity contribution in [2.24, 2.45) is 0 Å². The number of ether oxygens (including phenoxy) is 1. The van der Waals surface area contributed by atoms with Gasteiger partial charge in [0.1, 0.15) is 5.75 Å². The zero-order chi connectivity index (χ0) is 17.0. The maximum atomic E-state index is 5.86. The van der Waals surface area contributed by atoms with E-state index < -0.39 is 0 Å². The van der Waals surface area contributed by atoms with E-state index in [9.17, 15) is 0 Å². The monoisotopic (exact) mass is 324 g/mol. The van der Waals surface area contributed by atoms with Gasteiger partial charge in [-0.25, -0.2) is 0 Å². The van der Waals surface area contributed by atoms with Crippen LogP contribution in [0.3, 0.4) is 0 Å². The second-order valence-electron chi connectivity index (χ2n) is 6.54. The average molecular weight is 325 g/mol. The Morgan fingerprint density at radius 3 is 1.75 bits per heavy atom. The molecule has 2 rings (SSSR count). The van der Waals surface area contributed by atoms with Gasteiger partial charge in [0.05, 0.1) is 6.61 Å². The maximum absolute atomic E-state index is 5.86. The summed E-state index contributed by atoms with van der Waals surface area (Å²) in [6.07, 6.45) is 10.3. The third-order valence-corrected chi connectivity index (χ3v) is 4.57. The highest BCUT2D eigenvalue weighted by Gasteiger charge is 1.99. The highest BCUT2D eigenvalue weighted by Crippen LogP contribution is 2.23. The maximum Gasteiger partial charge on any atom is 0.119 e. The molecule has 0 aliphatic carbocycles. The van der Waals surface area contributed by atoms with Crippen LogP contribution in [0, 0.1) is 0 Å². The molecular formula is C23H32O. The molecule has 0 radical (unpaired) electrons. The van der Waals surface area contributed by atoms with Crippen LogP contribution in [0.5, 0.6) is 5.75 Å². The van der Waals surface area contributed by atoms with Crippen LogP contribution in [0.15, 0.2) is 48.5 Å². The SMILES string of the molecule is CCCCCCCCCOc1ccc(-c2ccc(CC)cc2)cc1. The van der Waals surface area contributed by atoms with Gasteiger partial charge in [-0.1, -0.05) is 88.8 Å². The third-order valence-electron chi connectivity index (χ3n) is 4.57. The smallest absolute Gasteiger partial charge is 0.119 e. The summed E-state index contributed by atoms with van der Waals surface area (Å²) in [5, 5.41) is 0. The first-order valence-corrected chi connectivity index (χ1v) is 9.65. The van der Waals surface area contributed by atoms with E-state index >= 15 is 0 Å². The molecule has 0 saturated heterocycles. The van der Waals surface area contributed by atoms with Crippen molar-refractivity contribution in [1.29, 1.82) is 0 Å². The summed E-state index contributed by atoms with van der Waals surface area (Å²) in [6, 6.07) is 17.3. The highest BCUT2D eigenvalue weighted by atomic mass is 16.5. The first kappa shape index (κ1) is 18.6. The highest BCUT2D eigenvalue weighted by molar-refractivity contribution is 5.64. The molecule has 130 valence electrons. The second-order valence-corrected chi connectivity index (χ2v) is 6.54. The van der Waals surface area contributed by atoms with E-state index in [1.807, 2.05) is 0 Å². The zero-order valence-electron chi connectivity index (χ0n) is 15.4. The molecule has 0 N–H and O–H groups in total. The molecule has 0 spiro atoms. The van der Waals surface area contributed by atoms with Crippen LogP contribution in [0.4, 0.5) is 0 Å². The van der Waals surface area contributed by atoms with E-state index in [1.165, 1.54) is 55.2 Å². The van der Waals surface area contributed by atoms with E-state index in [0.29, 0.717) is 0 Å². The number of benzene rings is 2. The zero-order valence-corrected chi connectivity index (χ0v) is 15.4. The lowest BCUT2D eigenvalue weighted by molar-refractivity contribution is 0.304. The van der Waals surface area contributed by atoms with Crippen molar-refractivity contribution in [3.8, 4) is 16.9 Å². The van der Waals surface area contributed by atoms with Crippen molar-refractivity contribution in [3.63, 3.8) is 0 Å². The molecule has 0 atom stereocenters. The van der Waals surface area contributed by atoms with Crippen LogP contribution in [0.2, 0.25) is 0 Å². The van der Waals surface area contributed by atoms with Crippen LogP contribution in [-0.4, -0.2) is 6.61 Å². The number of aryl methyl sites for hydroxylation is 1. The summed E-state index contributed by atoms with van der Waals surface area (Å²) in [4.78, 5) is 0. The van der Waals surface area contributed by atoms with Crippen LogP contribution < -0.4 is 4.74 Å². The van der Waals surface area contributed by atoms with Crippen LogP contribution in [0.25, 0.3) is 11.1 Å². The normalized spacial score (nSPS) is 10.8. The minimum Gasteiger partial charge on any atom is -0.494 e. The van der Waals surface area contributed by atoms with E-state index in [2.05, 4.69) is 62.4 Å². The summed E-state index contributed by atoms with van der Waals surface area (Å²) in [6.45, 7) is 5.28. The van der Waals surface area contributed by atoms with Gasteiger partial charge in [-0.3, -0.25) is 0 Å². The molecule has 0 fully saturated rings. The average Bonchev–Trinajstić information content (AvgIpc) is 2.64. The van der Waals surface area contributed by atoms with Gasteiger partial charge in [0, 0.05) is 0 Å². The van der Waals surface area contributed by atoms with Gasteiger partial charge in [0.25, 0.3) is 0 Å². The molecule has 0 aliphatic rings. The minimum atomic E-state index is 0.832. The molecule has 1 nitrogen and oxygen atoms in total. The van der Waals surface area contributed by atoms with E-state index in [0.717, 1.165) is 25.2 Å². The van der Waals surface area contributed by atoms with Crippen LogP contribution in [0.1, 0.15) is 64.4 Å². The molecule has 0 unspecified atom stereocenters. The first-order chi connectivity index (χ1) is 11.8. The first-order valence-electron chi connectivity index (χ1n) is 9.65. The Kier molecular flexibility index (Phi) is 8.45. The largest absolute Gasteiger partial charge is 0.494 e. The number of hydrogen-bond donors (Lipinski definition) is 0. The lowest BCUT2D eigenvalue weighted by Gasteiger charge is -2.08. The molecule has 0 amide bonds. The summed E-state index contributed by atoms with van der Waals surface area (Å²) in [5.41, 5.74) is 3.90. The minimum absolute atomic E-state index is 0.832. The topological polar surface area (TPSA) is 9.23 Å². The van der Waals surface area contributed by atoms with Gasteiger partial charge in [0.15, 0.2) is 0 Å². The van der Waals surface area contributed by atoms with Gasteiger partial charge in [-0.05, 0) is 41.7 Å². The van der Waals surface area contributed by atoms with Crippen molar-refractivity contribution >= 4 is 0 Å². The molecule has 2 aromatic rings. The van der Waals surface area contributed by atoms with Crippen LogP contribution >= 0.6 is 0 Å². The molecule has 2 aromatic carbocycles. The Hall–Kier alpha value is -1.76. The molecular weight excluding hydrogens is 292 g/mol. The van der Waals surface area contributed by atoms with E-state index in [-0.39, 0.29) is 0 Å². The molecule has 0 aliphatic heterocycles. The predicted octanol–water partition coefficient (Wildman–Crippen LogP) is 7.05.